The van der Waals surface area contributed by atoms with Crippen LogP contribution < -0.4 is 10.4 Å². The Labute approximate surface area is 150 Å². The first kappa shape index (κ1) is 17.0. The first-order valence-electron chi connectivity index (χ1n) is 7.80. The van der Waals surface area contributed by atoms with Crippen LogP contribution in [0.25, 0.3) is 5.69 Å². The van der Waals surface area contributed by atoms with Gasteiger partial charge in [0.05, 0.1) is 17.0 Å². The van der Waals surface area contributed by atoms with Gasteiger partial charge in [-0.25, -0.2) is 4.68 Å². The summed E-state index contributed by atoms with van der Waals surface area (Å²) >= 11 is 5.94. The molecule has 0 spiro atoms. The zero-order chi connectivity index (χ0) is 18.0. The summed E-state index contributed by atoms with van der Waals surface area (Å²) in [5.74, 6) is -0.604. The molecule has 6 heteroatoms. The Morgan fingerprint density at radius 3 is 2.40 bits per heavy atom. The number of carbonyl (C=O) groups is 1. The zero-order valence-corrected chi connectivity index (χ0v) is 14.6. The summed E-state index contributed by atoms with van der Waals surface area (Å²) in [5.41, 5.74) is 3.93. The molecule has 25 heavy (non-hydrogen) atoms. The molecule has 0 aliphatic carbocycles. The van der Waals surface area contributed by atoms with E-state index in [-0.39, 0.29) is 0 Å². The maximum absolute atomic E-state index is 11.0. The highest BCUT2D eigenvalue weighted by Crippen LogP contribution is 2.30. The SMILES string of the molecule is Cc1cc(Nc2ccn(-c3ccccc3)n2)cc(C)c1C(Cl)C(=O)[O-]. The number of para-hydroxylation sites is 1. The van der Waals surface area contributed by atoms with Gasteiger partial charge in [-0.2, -0.15) is 5.10 Å². The minimum Gasteiger partial charge on any atom is -0.548 e. The predicted molar refractivity (Wildman–Crippen MR) is 96.4 cm³/mol. The van der Waals surface area contributed by atoms with Crippen molar-refractivity contribution >= 4 is 29.1 Å². The molecule has 1 N–H and O–H groups in total. The van der Waals surface area contributed by atoms with E-state index in [0.717, 1.165) is 22.5 Å². The van der Waals surface area contributed by atoms with Gasteiger partial charge >= 0.3 is 0 Å². The minimum absolute atomic E-state index is 0.571. The van der Waals surface area contributed by atoms with Gasteiger partial charge in [0.25, 0.3) is 0 Å². The van der Waals surface area contributed by atoms with Crippen molar-refractivity contribution in [2.24, 2.45) is 0 Å². The van der Waals surface area contributed by atoms with E-state index in [0.29, 0.717) is 11.4 Å². The fourth-order valence-corrected chi connectivity index (χ4v) is 3.17. The summed E-state index contributed by atoms with van der Waals surface area (Å²) in [5, 5.41) is 17.6. The molecule has 128 valence electrons. The molecular formula is C19H17ClN3O2-. The monoisotopic (exact) mass is 354 g/mol. The molecule has 1 atom stereocenters. The standard InChI is InChI=1S/C19H18ClN3O2/c1-12-10-14(11-13(2)17(12)18(20)19(24)25)21-16-8-9-23(22-16)15-6-4-3-5-7-15/h3-11,18H,1-2H3,(H,21,22)(H,24,25)/p-1. The molecule has 3 aromatic rings. The molecule has 2 aromatic carbocycles. The molecule has 0 bridgehead atoms. The Kier molecular flexibility index (Phi) is 4.76. The number of hydrogen-bond acceptors (Lipinski definition) is 4. The van der Waals surface area contributed by atoms with Crippen molar-refractivity contribution in [1.29, 1.82) is 0 Å². The van der Waals surface area contributed by atoms with E-state index in [2.05, 4.69) is 10.4 Å². The maximum Gasteiger partial charge on any atom is 0.152 e. The summed E-state index contributed by atoms with van der Waals surface area (Å²) in [6.07, 6.45) is 1.87. The van der Waals surface area contributed by atoms with Crippen molar-refractivity contribution in [2.75, 3.05) is 5.32 Å². The van der Waals surface area contributed by atoms with Crippen LogP contribution in [-0.2, 0) is 4.79 Å². The molecule has 5 nitrogen and oxygen atoms in total. The van der Waals surface area contributed by atoms with Gasteiger partial charge < -0.3 is 15.2 Å². The Hall–Kier alpha value is -2.79. The quantitative estimate of drug-likeness (QED) is 0.714. The lowest BCUT2D eigenvalue weighted by Crippen LogP contribution is -2.27. The van der Waals surface area contributed by atoms with Crippen LogP contribution in [0.3, 0.4) is 0 Å². The van der Waals surface area contributed by atoms with Crippen molar-refractivity contribution in [3.8, 4) is 5.69 Å². The largest absolute Gasteiger partial charge is 0.548 e. The molecular weight excluding hydrogens is 338 g/mol. The van der Waals surface area contributed by atoms with Gasteiger partial charge in [0, 0.05) is 18.0 Å². The number of carbonyl (C=O) groups excluding carboxylic acids is 1. The number of anilines is 2. The lowest BCUT2D eigenvalue weighted by atomic mass is 9.98. The van der Waals surface area contributed by atoms with E-state index in [4.69, 9.17) is 11.6 Å². The van der Waals surface area contributed by atoms with Gasteiger partial charge in [-0.15, -0.1) is 11.6 Å². The normalized spacial score (nSPS) is 12.0. The number of carboxylic acid groups (broad SMARTS) is 1. The van der Waals surface area contributed by atoms with E-state index in [1.807, 2.05) is 68.6 Å². The highest BCUT2D eigenvalue weighted by molar-refractivity contribution is 6.29. The summed E-state index contributed by atoms with van der Waals surface area (Å²) in [6, 6.07) is 15.4. The van der Waals surface area contributed by atoms with Crippen LogP contribution in [0.15, 0.2) is 54.7 Å². The zero-order valence-electron chi connectivity index (χ0n) is 13.9. The third kappa shape index (κ3) is 3.67. The van der Waals surface area contributed by atoms with Crippen molar-refractivity contribution in [2.45, 2.75) is 19.2 Å². The highest BCUT2D eigenvalue weighted by atomic mass is 35.5. The predicted octanol–water partition coefficient (Wildman–Crippen LogP) is 3.26. The van der Waals surface area contributed by atoms with E-state index < -0.39 is 11.3 Å². The van der Waals surface area contributed by atoms with Crippen LogP contribution in [0.5, 0.6) is 0 Å². The molecule has 0 fully saturated rings. The van der Waals surface area contributed by atoms with Crippen LogP contribution in [0.4, 0.5) is 11.5 Å². The number of aromatic nitrogens is 2. The van der Waals surface area contributed by atoms with E-state index in [1.165, 1.54) is 0 Å². The van der Waals surface area contributed by atoms with Crippen LogP contribution in [0.1, 0.15) is 22.1 Å². The van der Waals surface area contributed by atoms with Crippen molar-refractivity contribution < 1.29 is 9.90 Å². The average molecular weight is 355 g/mol. The lowest BCUT2D eigenvalue weighted by molar-refractivity contribution is -0.305. The summed E-state index contributed by atoms with van der Waals surface area (Å²) in [6.45, 7) is 3.66. The van der Waals surface area contributed by atoms with Crippen molar-refractivity contribution in [3.63, 3.8) is 0 Å². The number of nitrogens with zero attached hydrogens (tertiary/aromatic N) is 2. The molecule has 1 aromatic heterocycles. The number of alkyl halides is 1. The fourth-order valence-electron chi connectivity index (χ4n) is 2.83. The summed E-state index contributed by atoms with van der Waals surface area (Å²) in [7, 11) is 0. The number of rotatable bonds is 5. The van der Waals surface area contributed by atoms with Crippen LogP contribution in [0.2, 0.25) is 0 Å². The highest BCUT2D eigenvalue weighted by Gasteiger charge is 2.15. The number of carboxylic acids is 1. The van der Waals surface area contributed by atoms with Crippen molar-refractivity contribution in [3.05, 3.63) is 71.4 Å². The second-order valence-electron chi connectivity index (χ2n) is 5.81. The third-order valence-electron chi connectivity index (χ3n) is 3.94. The summed E-state index contributed by atoms with van der Waals surface area (Å²) in [4.78, 5) is 11.0. The lowest BCUT2D eigenvalue weighted by Gasteiger charge is -2.18. The van der Waals surface area contributed by atoms with Crippen LogP contribution >= 0.6 is 11.6 Å². The molecule has 1 unspecified atom stereocenters. The third-order valence-corrected chi connectivity index (χ3v) is 4.33. The maximum atomic E-state index is 11.0. The van der Waals surface area contributed by atoms with Crippen LogP contribution in [0, 0.1) is 13.8 Å². The molecule has 0 radical (unpaired) electrons. The Bertz CT molecular complexity index is 883. The number of nitrogens with one attached hydrogen (secondary N) is 1. The number of benzene rings is 2. The molecule has 0 saturated heterocycles. The first-order valence-corrected chi connectivity index (χ1v) is 8.23. The molecule has 0 aliphatic rings. The Morgan fingerprint density at radius 1 is 1.16 bits per heavy atom. The van der Waals surface area contributed by atoms with E-state index >= 15 is 0 Å². The van der Waals surface area contributed by atoms with Gasteiger partial charge in [0.15, 0.2) is 5.82 Å². The molecule has 0 aliphatic heterocycles. The van der Waals surface area contributed by atoms with E-state index in [1.54, 1.807) is 4.68 Å². The minimum atomic E-state index is -1.30. The van der Waals surface area contributed by atoms with Gasteiger partial charge in [-0.1, -0.05) is 18.2 Å². The molecule has 0 saturated carbocycles. The van der Waals surface area contributed by atoms with Gasteiger partial charge in [-0.3, -0.25) is 0 Å². The second kappa shape index (κ2) is 6.99. The van der Waals surface area contributed by atoms with Gasteiger partial charge in [0.1, 0.15) is 0 Å². The fraction of sp³-hybridized carbons (Fsp3) is 0.158. The number of halogens is 1. The topological polar surface area (TPSA) is 70.0 Å². The average Bonchev–Trinajstić information content (AvgIpc) is 3.03. The summed E-state index contributed by atoms with van der Waals surface area (Å²) < 4.78 is 1.78. The molecule has 0 amide bonds. The Morgan fingerprint density at radius 2 is 1.80 bits per heavy atom. The van der Waals surface area contributed by atoms with Gasteiger partial charge in [-0.05, 0) is 54.8 Å². The van der Waals surface area contributed by atoms with Gasteiger partial charge in [0.2, 0.25) is 0 Å². The smallest absolute Gasteiger partial charge is 0.152 e. The number of aliphatic carboxylic acids is 1. The van der Waals surface area contributed by atoms with Crippen LogP contribution in [-0.4, -0.2) is 15.7 Å². The Balaban J connectivity index is 1.85. The van der Waals surface area contributed by atoms with Crippen molar-refractivity contribution in [1.82, 2.24) is 9.78 Å². The molecule has 3 rings (SSSR count). The molecule has 1 heterocycles. The first-order chi connectivity index (χ1) is 12.0. The van der Waals surface area contributed by atoms with E-state index in [9.17, 15) is 9.90 Å². The number of aryl methyl sites for hydroxylation is 2. The second-order valence-corrected chi connectivity index (χ2v) is 6.25. The number of hydrogen-bond donors (Lipinski definition) is 1.